The fourth-order valence-electron chi connectivity index (χ4n) is 3.13. The van der Waals surface area contributed by atoms with Crippen LogP contribution in [-0.4, -0.2) is 25.7 Å². The Labute approximate surface area is 149 Å². The molecule has 1 atom stereocenters. The Kier molecular flexibility index (Phi) is 4.46. The van der Waals surface area contributed by atoms with Gasteiger partial charge in [0.15, 0.2) is 0 Å². The fraction of sp³-hybridized carbons (Fsp3) is 0.381. The van der Waals surface area contributed by atoms with Crippen molar-refractivity contribution in [3.05, 3.63) is 53.6 Å². The first-order valence-corrected chi connectivity index (χ1v) is 8.52. The lowest BCUT2D eigenvalue weighted by atomic mass is 9.84. The number of hydrogen-bond acceptors (Lipinski definition) is 3. The van der Waals surface area contributed by atoms with Crippen molar-refractivity contribution in [3.63, 3.8) is 0 Å². The Hall–Kier alpha value is -2.49. The summed E-state index contributed by atoms with van der Waals surface area (Å²) in [4.78, 5) is 15.3. The van der Waals surface area contributed by atoms with Crippen molar-refractivity contribution in [2.24, 2.45) is 5.41 Å². The zero-order chi connectivity index (χ0) is 18.2. The molecular formula is C21H25NO3. The number of anilines is 1. The summed E-state index contributed by atoms with van der Waals surface area (Å²) < 4.78 is 11.2. The molecule has 0 aromatic heterocycles. The van der Waals surface area contributed by atoms with Crippen LogP contribution in [0.5, 0.6) is 11.5 Å². The largest absolute Gasteiger partial charge is 0.497 e. The van der Waals surface area contributed by atoms with Crippen LogP contribution in [0.25, 0.3) is 0 Å². The average Bonchev–Trinajstić information content (AvgIpc) is 2.59. The molecule has 0 radical (unpaired) electrons. The molecule has 0 spiro atoms. The third-order valence-electron chi connectivity index (χ3n) is 4.62. The SMILES string of the molecule is COc1cccc(C(=O)N2c3cc(C)ccc3OC[C@H]2C(C)(C)C)c1. The van der Waals surface area contributed by atoms with E-state index in [0.29, 0.717) is 17.9 Å². The number of hydrogen-bond donors (Lipinski definition) is 0. The molecule has 1 heterocycles. The average molecular weight is 339 g/mol. The molecule has 0 unspecified atom stereocenters. The van der Waals surface area contributed by atoms with E-state index < -0.39 is 0 Å². The molecule has 0 bridgehead atoms. The first-order valence-electron chi connectivity index (χ1n) is 8.52. The van der Waals surface area contributed by atoms with Crippen molar-refractivity contribution in [2.45, 2.75) is 33.7 Å². The van der Waals surface area contributed by atoms with E-state index in [1.54, 1.807) is 13.2 Å². The van der Waals surface area contributed by atoms with Crippen molar-refractivity contribution in [1.82, 2.24) is 0 Å². The molecule has 0 N–H and O–H groups in total. The van der Waals surface area contributed by atoms with Gasteiger partial charge in [0, 0.05) is 5.56 Å². The molecule has 1 aliphatic heterocycles. The smallest absolute Gasteiger partial charge is 0.258 e. The van der Waals surface area contributed by atoms with Crippen LogP contribution in [0.15, 0.2) is 42.5 Å². The Morgan fingerprint density at radius 3 is 2.64 bits per heavy atom. The predicted molar refractivity (Wildman–Crippen MR) is 99.7 cm³/mol. The van der Waals surface area contributed by atoms with Gasteiger partial charge >= 0.3 is 0 Å². The summed E-state index contributed by atoms with van der Waals surface area (Å²) in [5.74, 6) is 1.40. The van der Waals surface area contributed by atoms with E-state index in [4.69, 9.17) is 9.47 Å². The summed E-state index contributed by atoms with van der Waals surface area (Å²) in [6, 6.07) is 13.2. The number of methoxy groups -OCH3 is 1. The molecule has 3 rings (SSSR count). The number of carbonyl (C=O) groups excluding carboxylic acids is 1. The summed E-state index contributed by atoms with van der Waals surface area (Å²) >= 11 is 0. The van der Waals surface area contributed by atoms with Crippen LogP contribution in [0.2, 0.25) is 0 Å². The van der Waals surface area contributed by atoms with E-state index in [9.17, 15) is 4.79 Å². The van der Waals surface area contributed by atoms with Gasteiger partial charge in [-0.2, -0.15) is 0 Å². The quantitative estimate of drug-likeness (QED) is 0.811. The van der Waals surface area contributed by atoms with Gasteiger partial charge in [0.25, 0.3) is 5.91 Å². The highest BCUT2D eigenvalue weighted by Crippen LogP contribution is 2.40. The minimum Gasteiger partial charge on any atom is -0.497 e. The molecule has 0 aliphatic carbocycles. The minimum absolute atomic E-state index is 0.0334. The lowest BCUT2D eigenvalue weighted by Gasteiger charge is -2.43. The highest BCUT2D eigenvalue weighted by atomic mass is 16.5. The van der Waals surface area contributed by atoms with E-state index >= 15 is 0 Å². The standard InChI is InChI=1S/C21H25NO3/c1-14-9-10-18-17(11-14)22(19(13-25-18)21(2,3)4)20(23)15-7-6-8-16(12-15)24-5/h6-12,19H,13H2,1-5H3/t19-/m0/s1. The minimum atomic E-state index is -0.115. The number of fused-ring (bicyclic) bond motifs is 1. The molecule has 1 amide bonds. The van der Waals surface area contributed by atoms with Crippen molar-refractivity contribution < 1.29 is 14.3 Å². The topological polar surface area (TPSA) is 38.8 Å². The summed E-state index contributed by atoms with van der Waals surface area (Å²) in [6.07, 6.45) is 0. The summed E-state index contributed by atoms with van der Waals surface area (Å²) in [6.45, 7) is 8.90. The highest BCUT2D eigenvalue weighted by Gasteiger charge is 2.39. The Morgan fingerprint density at radius 1 is 1.20 bits per heavy atom. The summed E-state index contributed by atoms with van der Waals surface area (Å²) in [5, 5.41) is 0. The van der Waals surface area contributed by atoms with Crippen LogP contribution in [0.4, 0.5) is 5.69 Å². The number of amides is 1. The van der Waals surface area contributed by atoms with Crippen LogP contribution in [0, 0.1) is 12.3 Å². The van der Waals surface area contributed by atoms with E-state index in [2.05, 4.69) is 20.8 Å². The molecule has 132 valence electrons. The number of rotatable bonds is 2. The number of aryl methyl sites for hydroxylation is 1. The van der Waals surface area contributed by atoms with Gasteiger partial charge in [-0.3, -0.25) is 9.69 Å². The second-order valence-corrected chi connectivity index (χ2v) is 7.57. The van der Waals surface area contributed by atoms with Gasteiger partial charge in [0.2, 0.25) is 0 Å². The molecule has 2 aromatic rings. The number of benzene rings is 2. The van der Waals surface area contributed by atoms with Crippen molar-refractivity contribution in [3.8, 4) is 11.5 Å². The first-order chi connectivity index (χ1) is 11.8. The van der Waals surface area contributed by atoms with Gasteiger partial charge in [-0.25, -0.2) is 0 Å². The number of carbonyl (C=O) groups is 1. The van der Waals surface area contributed by atoms with Gasteiger partial charge in [0.1, 0.15) is 18.1 Å². The lowest BCUT2D eigenvalue weighted by molar-refractivity contribution is 0.0911. The van der Waals surface area contributed by atoms with E-state index in [1.165, 1.54) is 0 Å². The number of nitrogens with zero attached hydrogens (tertiary/aromatic N) is 1. The molecule has 25 heavy (non-hydrogen) atoms. The van der Waals surface area contributed by atoms with E-state index in [0.717, 1.165) is 17.0 Å². The second-order valence-electron chi connectivity index (χ2n) is 7.57. The molecule has 2 aromatic carbocycles. The maximum absolute atomic E-state index is 13.4. The van der Waals surface area contributed by atoms with Crippen LogP contribution in [-0.2, 0) is 0 Å². The third-order valence-corrected chi connectivity index (χ3v) is 4.62. The molecule has 0 saturated carbocycles. The van der Waals surface area contributed by atoms with Crippen LogP contribution >= 0.6 is 0 Å². The van der Waals surface area contributed by atoms with Crippen molar-refractivity contribution in [2.75, 3.05) is 18.6 Å². The van der Waals surface area contributed by atoms with Gasteiger partial charge < -0.3 is 9.47 Å². The molecular weight excluding hydrogens is 314 g/mol. The Bertz CT molecular complexity index is 792. The Balaban J connectivity index is 2.11. The van der Waals surface area contributed by atoms with Crippen LogP contribution in [0.3, 0.4) is 0 Å². The maximum Gasteiger partial charge on any atom is 0.258 e. The third kappa shape index (κ3) is 3.34. The van der Waals surface area contributed by atoms with Gasteiger partial charge in [0.05, 0.1) is 18.8 Å². The number of ether oxygens (including phenoxy) is 2. The summed E-state index contributed by atoms with van der Waals surface area (Å²) in [5.41, 5.74) is 2.43. The zero-order valence-corrected chi connectivity index (χ0v) is 15.5. The molecule has 4 heteroatoms. The van der Waals surface area contributed by atoms with E-state index in [1.807, 2.05) is 48.2 Å². The van der Waals surface area contributed by atoms with Crippen molar-refractivity contribution >= 4 is 11.6 Å². The maximum atomic E-state index is 13.4. The summed E-state index contributed by atoms with van der Waals surface area (Å²) in [7, 11) is 1.61. The molecule has 1 aliphatic rings. The first kappa shape index (κ1) is 17.3. The fourth-order valence-corrected chi connectivity index (χ4v) is 3.13. The second kappa shape index (κ2) is 6.43. The van der Waals surface area contributed by atoms with Gasteiger partial charge in [-0.1, -0.05) is 32.9 Å². The highest BCUT2D eigenvalue weighted by molar-refractivity contribution is 6.08. The molecule has 0 fully saturated rings. The normalized spacial score (nSPS) is 16.8. The van der Waals surface area contributed by atoms with Gasteiger partial charge in [-0.05, 0) is 48.2 Å². The molecule has 0 saturated heterocycles. The van der Waals surface area contributed by atoms with Crippen LogP contribution in [0.1, 0.15) is 36.7 Å². The molecule has 4 nitrogen and oxygen atoms in total. The monoisotopic (exact) mass is 339 g/mol. The van der Waals surface area contributed by atoms with Crippen molar-refractivity contribution in [1.29, 1.82) is 0 Å². The zero-order valence-electron chi connectivity index (χ0n) is 15.5. The lowest BCUT2D eigenvalue weighted by Crippen LogP contribution is -2.53. The van der Waals surface area contributed by atoms with Crippen LogP contribution < -0.4 is 14.4 Å². The Morgan fingerprint density at radius 2 is 1.96 bits per heavy atom. The van der Waals surface area contributed by atoms with E-state index in [-0.39, 0.29) is 17.4 Å². The van der Waals surface area contributed by atoms with Gasteiger partial charge in [-0.15, -0.1) is 0 Å². The predicted octanol–water partition coefficient (Wildman–Crippen LogP) is 4.46.